The molecule has 3 heteroatoms. The van der Waals surface area contributed by atoms with Gasteiger partial charge in [0.05, 0.1) is 6.61 Å². The van der Waals surface area contributed by atoms with Crippen LogP contribution in [0.5, 0.6) is 0 Å². The third-order valence-electron chi connectivity index (χ3n) is 1.67. The van der Waals surface area contributed by atoms with E-state index in [4.69, 9.17) is 16.6 Å². The first-order chi connectivity index (χ1) is 5.15. The lowest BCUT2D eigenvalue weighted by molar-refractivity contribution is 0.282. The molecular weight excluding hydrogens is 140 g/mol. The van der Waals surface area contributed by atoms with Gasteiger partial charge in [0.1, 0.15) is 0 Å². The molecule has 0 spiro atoms. The molecule has 0 aliphatic heterocycles. The minimum Gasteiger partial charge on any atom is -0.399 e. The number of aryl methyl sites for hydroxylation is 1. The van der Waals surface area contributed by atoms with Crippen molar-refractivity contribution in [3.8, 4) is 0 Å². The quantitative estimate of drug-likeness (QED) is 0.517. The molecule has 1 rings (SSSR count). The Morgan fingerprint density at radius 2 is 2.00 bits per heavy atom. The van der Waals surface area contributed by atoms with E-state index in [1.165, 1.54) is 0 Å². The number of anilines is 2. The summed E-state index contributed by atoms with van der Waals surface area (Å²) in [7, 11) is 0. The van der Waals surface area contributed by atoms with Gasteiger partial charge >= 0.3 is 0 Å². The van der Waals surface area contributed by atoms with E-state index in [9.17, 15) is 0 Å². The highest BCUT2D eigenvalue weighted by molar-refractivity contribution is 5.60. The minimum atomic E-state index is -0.0578. The monoisotopic (exact) mass is 152 g/mol. The van der Waals surface area contributed by atoms with Crippen molar-refractivity contribution in [2.75, 3.05) is 11.5 Å². The van der Waals surface area contributed by atoms with E-state index in [0.717, 1.165) is 5.56 Å². The van der Waals surface area contributed by atoms with Crippen LogP contribution in [0.3, 0.4) is 0 Å². The summed E-state index contributed by atoms with van der Waals surface area (Å²) in [6.07, 6.45) is 0. The lowest BCUT2D eigenvalue weighted by Crippen LogP contribution is -1.99. The summed E-state index contributed by atoms with van der Waals surface area (Å²) in [4.78, 5) is 0. The van der Waals surface area contributed by atoms with Crippen LogP contribution in [0.2, 0.25) is 0 Å². The average Bonchev–Trinajstić information content (AvgIpc) is 1.96. The van der Waals surface area contributed by atoms with Gasteiger partial charge in [0.25, 0.3) is 0 Å². The molecule has 0 bridgehead atoms. The maximum atomic E-state index is 8.83. The number of nitrogen functional groups attached to an aromatic ring is 2. The fourth-order valence-corrected chi connectivity index (χ4v) is 1.03. The summed E-state index contributed by atoms with van der Waals surface area (Å²) >= 11 is 0. The lowest BCUT2D eigenvalue weighted by Gasteiger charge is -2.06. The number of aliphatic hydroxyl groups is 1. The van der Waals surface area contributed by atoms with Crippen molar-refractivity contribution in [1.82, 2.24) is 0 Å². The normalized spacial score (nSPS) is 10.0. The zero-order valence-electron chi connectivity index (χ0n) is 6.46. The molecule has 0 heterocycles. The molecule has 5 N–H and O–H groups in total. The Morgan fingerprint density at radius 3 is 2.55 bits per heavy atom. The zero-order chi connectivity index (χ0) is 8.43. The van der Waals surface area contributed by atoms with Crippen LogP contribution >= 0.6 is 0 Å². The van der Waals surface area contributed by atoms with Crippen molar-refractivity contribution in [2.45, 2.75) is 13.5 Å². The highest BCUT2D eigenvalue weighted by atomic mass is 16.3. The Kier molecular flexibility index (Phi) is 2.01. The highest BCUT2D eigenvalue weighted by Gasteiger charge is 2.01. The van der Waals surface area contributed by atoms with Gasteiger partial charge in [-0.1, -0.05) is 0 Å². The molecule has 0 atom stereocenters. The van der Waals surface area contributed by atoms with Gasteiger partial charge in [0, 0.05) is 16.9 Å². The average molecular weight is 152 g/mol. The van der Waals surface area contributed by atoms with Gasteiger partial charge in [-0.05, 0) is 24.6 Å². The van der Waals surface area contributed by atoms with Crippen molar-refractivity contribution in [1.29, 1.82) is 0 Å². The van der Waals surface area contributed by atoms with E-state index in [-0.39, 0.29) is 6.61 Å². The first-order valence-corrected chi connectivity index (χ1v) is 3.40. The van der Waals surface area contributed by atoms with Crippen molar-refractivity contribution >= 4 is 11.4 Å². The number of benzene rings is 1. The predicted molar refractivity (Wildman–Crippen MR) is 45.9 cm³/mol. The van der Waals surface area contributed by atoms with Gasteiger partial charge < -0.3 is 16.6 Å². The standard InChI is InChI=1S/C8H12N2O/c1-5-2-7(9)3-6(4-11)8(5)10/h2-3,11H,4,9-10H2,1H3. The van der Waals surface area contributed by atoms with Crippen LogP contribution < -0.4 is 11.5 Å². The zero-order valence-corrected chi connectivity index (χ0v) is 6.46. The third kappa shape index (κ3) is 1.43. The summed E-state index contributed by atoms with van der Waals surface area (Å²) in [6, 6.07) is 3.47. The van der Waals surface area contributed by atoms with E-state index in [0.29, 0.717) is 16.9 Å². The maximum Gasteiger partial charge on any atom is 0.0702 e. The van der Waals surface area contributed by atoms with Crippen LogP contribution in [-0.4, -0.2) is 5.11 Å². The Labute approximate surface area is 65.6 Å². The second-order valence-corrected chi connectivity index (χ2v) is 2.57. The Bertz CT molecular complexity index is 271. The molecule has 0 aromatic heterocycles. The van der Waals surface area contributed by atoms with E-state index < -0.39 is 0 Å². The first-order valence-electron chi connectivity index (χ1n) is 3.40. The van der Waals surface area contributed by atoms with Crippen LogP contribution in [0.15, 0.2) is 12.1 Å². The van der Waals surface area contributed by atoms with E-state index in [1.807, 2.05) is 6.92 Å². The highest BCUT2D eigenvalue weighted by Crippen LogP contribution is 2.20. The molecule has 1 aromatic carbocycles. The summed E-state index contributed by atoms with van der Waals surface area (Å²) in [5.41, 5.74) is 14.1. The number of hydrogen-bond acceptors (Lipinski definition) is 3. The molecule has 0 aliphatic rings. The van der Waals surface area contributed by atoms with E-state index in [2.05, 4.69) is 0 Å². The topological polar surface area (TPSA) is 72.3 Å². The van der Waals surface area contributed by atoms with Crippen molar-refractivity contribution < 1.29 is 5.11 Å². The molecule has 0 radical (unpaired) electrons. The Morgan fingerprint density at radius 1 is 1.36 bits per heavy atom. The predicted octanol–water partition coefficient (Wildman–Crippen LogP) is 0.652. The van der Waals surface area contributed by atoms with Crippen LogP contribution in [-0.2, 0) is 6.61 Å². The second kappa shape index (κ2) is 2.80. The fourth-order valence-electron chi connectivity index (χ4n) is 1.03. The molecule has 0 fully saturated rings. The summed E-state index contributed by atoms with van der Waals surface area (Å²) < 4.78 is 0. The second-order valence-electron chi connectivity index (χ2n) is 2.57. The summed E-state index contributed by atoms with van der Waals surface area (Å²) in [6.45, 7) is 1.81. The van der Waals surface area contributed by atoms with Crippen molar-refractivity contribution in [3.05, 3.63) is 23.3 Å². The van der Waals surface area contributed by atoms with Gasteiger partial charge in [-0.3, -0.25) is 0 Å². The van der Waals surface area contributed by atoms with E-state index in [1.54, 1.807) is 12.1 Å². The minimum absolute atomic E-state index is 0.0578. The number of rotatable bonds is 1. The summed E-state index contributed by atoms with van der Waals surface area (Å²) in [5.74, 6) is 0. The SMILES string of the molecule is Cc1cc(N)cc(CO)c1N. The third-order valence-corrected chi connectivity index (χ3v) is 1.67. The Balaban J connectivity index is 3.24. The molecule has 0 saturated heterocycles. The number of aliphatic hydroxyl groups excluding tert-OH is 1. The molecular formula is C8H12N2O. The smallest absolute Gasteiger partial charge is 0.0702 e. The fraction of sp³-hybridized carbons (Fsp3) is 0.250. The van der Waals surface area contributed by atoms with Gasteiger partial charge in [0.15, 0.2) is 0 Å². The summed E-state index contributed by atoms with van der Waals surface area (Å²) in [5, 5.41) is 8.83. The van der Waals surface area contributed by atoms with Crippen molar-refractivity contribution in [2.24, 2.45) is 0 Å². The molecule has 3 nitrogen and oxygen atoms in total. The van der Waals surface area contributed by atoms with Gasteiger partial charge in [-0.2, -0.15) is 0 Å². The largest absolute Gasteiger partial charge is 0.399 e. The maximum absolute atomic E-state index is 8.83. The van der Waals surface area contributed by atoms with Gasteiger partial charge in [0.2, 0.25) is 0 Å². The molecule has 0 unspecified atom stereocenters. The number of hydrogen-bond donors (Lipinski definition) is 3. The molecule has 1 aromatic rings. The number of nitrogens with two attached hydrogens (primary N) is 2. The lowest BCUT2D eigenvalue weighted by atomic mass is 10.1. The first kappa shape index (κ1) is 7.88. The van der Waals surface area contributed by atoms with Crippen molar-refractivity contribution in [3.63, 3.8) is 0 Å². The van der Waals surface area contributed by atoms with Crippen LogP contribution in [0.25, 0.3) is 0 Å². The van der Waals surface area contributed by atoms with Gasteiger partial charge in [-0.25, -0.2) is 0 Å². The Hall–Kier alpha value is -1.22. The van der Waals surface area contributed by atoms with Crippen LogP contribution in [0, 0.1) is 6.92 Å². The van der Waals surface area contributed by atoms with Crippen LogP contribution in [0.1, 0.15) is 11.1 Å². The molecule has 0 amide bonds. The molecule has 0 saturated carbocycles. The molecule has 0 aliphatic carbocycles. The van der Waals surface area contributed by atoms with Gasteiger partial charge in [-0.15, -0.1) is 0 Å². The van der Waals surface area contributed by atoms with Crippen LogP contribution in [0.4, 0.5) is 11.4 Å². The molecule has 60 valence electrons. The molecule has 11 heavy (non-hydrogen) atoms. The van der Waals surface area contributed by atoms with E-state index >= 15 is 0 Å².